The van der Waals surface area contributed by atoms with Crippen LogP contribution in [-0.2, 0) is 4.79 Å². The number of hydrogen-bond donors (Lipinski definition) is 2. The lowest BCUT2D eigenvalue weighted by Crippen LogP contribution is -2.58. The number of rotatable bonds is 7. The van der Waals surface area contributed by atoms with Gasteiger partial charge in [0.2, 0.25) is 5.91 Å². The van der Waals surface area contributed by atoms with Gasteiger partial charge in [-0.05, 0) is 47.7 Å². The summed E-state index contributed by atoms with van der Waals surface area (Å²) < 4.78 is 0. The zero-order chi connectivity index (χ0) is 12.9. The van der Waals surface area contributed by atoms with E-state index in [1.54, 1.807) is 0 Å². The number of carbonyl (C=O) groups is 1. The number of amides is 1. The first-order chi connectivity index (χ1) is 7.23. The molecule has 0 saturated heterocycles. The molecule has 0 aromatic rings. The van der Waals surface area contributed by atoms with E-state index in [1.807, 2.05) is 20.8 Å². The third-order valence-electron chi connectivity index (χ3n) is 3.11. The van der Waals surface area contributed by atoms with Gasteiger partial charge in [0.05, 0.1) is 5.54 Å². The highest BCUT2D eigenvalue weighted by Crippen LogP contribution is 2.16. The summed E-state index contributed by atoms with van der Waals surface area (Å²) in [7, 11) is 2.06. The third-order valence-corrected chi connectivity index (χ3v) is 3.11. The van der Waals surface area contributed by atoms with Crippen LogP contribution in [0.5, 0.6) is 0 Å². The molecule has 0 aliphatic heterocycles. The van der Waals surface area contributed by atoms with Gasteiger partial charge in [-0.3, -0.25) is 4.79 Å². The van der Waals surface area contributed by atoms with Crippen molar-refractivity contribution >= 4 is 5.91 Å². The van der Waals surface area contributed by atoms with Gasteiger partial charge in [0.1, 0.15) is 0 Å². The summed E-state index contributed by atoms with van der Waals surface area (Å²) in [5, 5.41) is 3.26. The maximum absolute atomic E-state index is 11.5. The second-order valence-electron chi connectivity index (χ2n) is 5.12. The Morgan fingerprint density at radius 1 is 1.44 bits per heavy atom. The summed E-state index contributed by atoms with van der Waals surface area (Å²) in [6.07, 6.45) is 0.727. The van der Waals surface area contributed by atoms with Gasteiger partial charge in [0, 0.05) is 12.1 Å². The van der Waals surface area contributed by atoms with Crippen LogP contribution in [0.3, 0.4) is 0 Å². The van der Waals surface area contributed by atoms with Crippen LogP contribution in [-0.4, -0.2) is 42.0 Å². The first-order valence-electron chi connectivity index (χ1n) is 6.00. The fraction of sp³-hybridized carbons (Fsp3) is 0.917. The van der Waals surface area contributed by atoms with E-state index in [2.05, 4.69) is 31.1 Å². The maximum atomic E-state index is 11.5. The maximum Gasteiger partial charge on any atom is 0.237 e. The van der Waals surface area contributed by atoms with E-state index < -0.39 is 5.54 Å². The standard InChI is InChI=1S/C12H27N3O/c1-7-15(6)10(4)8-12(5,11(13)16)14-9(2)3/h9-10,14H,7-8H2,1-6H3,(H2,13,16). The average molecular weight is 229 g/mol. The monoisotopic (exact) mass is 229 g/mol. The Balaban J connectivity index is 4.61. The van der Waals surface area contributed by atoms with Crippen molar-refractivity contribution in [3.05, 3.63) is 0 Å². The molecular weight excluding hydrogens is 202 g/mol. The highest BCUT2D eigenvalue weighted by Gasteiger charge is 2.33. The molecule has 2 unspecified atom stereocenters. The van der Waals surface area contributed by atoms with Gasteiger partial charge in [0.15, 0.2) is 0 Å². The number of hydrogen-bond acceptors (Lipinski definition) is 3. The summed E-state index contributed by atoms with van der Waals surface area (Å²) in [4.78, 5) is 13.8. The van der Waals surface area contributed by atoms with E-state index in [4.69, 9.17) is 5.73 Å². The molecule has 0 saturated carbocycles. The Hall–Kier alpha value is -0.610. The minimum absolute atomic E-state index is 0.247. The van der Waals surface area contributed by atoms with Crippen molar-refractivity contribution in [2.24, 2.45) is 5.73 Å². The van der Waals surface area contributed by atoms with Gasteiger partial charge in [-0.15, -0.1) is 0 Å². The van der Waals surface area contributed by atoms with Crippen molar-refractivity contribution in [1.82, 2.24) is 10.2 Å². The van der Waals surface area contributed by atoms with Gasteiger partial charge < -0.3 is 16.0 Å². The molecule has 3 N–H and O–H groups in total. The van der Waals surface area contributed by atoms with Crippen LogP contribution in [0, 0.1) is 0 Å². The lowest BCUT2D eigenvalue weighted by molar-refractivity contribution is -0.124. The van der Waals surface area contributed by atoms with Crippen molar-refractivity contribution < 1.29 is 4.79 Å². The number of carbonyl (C=O) groups excluding carboxylic acids is 1. The Bertz CT molecular complexity index is 230. The fourth-order valence-corrected chi connectivity index (χ4v) is 1.93. The topological polar surface area (TPSA) is 58.4 Å². The van der Waals surface area contributed by atoms with Crippen LogP contribution in [0.2, 0.25) is 0 Å². The number of nitrogens with two attached hydrogens (primary N) is 1. The Labute approximate surface area is 99.6 Å². The largest absolute Gasteiger partial charge is 0.368 e. The summed E-state index contributed by atoms with van der Waals surface area (Å²) in [6.45, 7) is 11.1. The van der Waals surface area contributed by atoms with Gasteiger partial charge in [-0.25, -0.2) is 0 Å². The fourth-order valence-electron chi connectivity index (χ4n) is 1.93. The molecule has 2 atom stereocenters. The highest BCUT2D eigenvalue weighted by atomic mass is 16.1. The molecule has 0 aliphatic carbocycles. The molecular formula is C12H27N3O. The van der Waals surface area contributed by atoms with Crippen molar-refractivity contribution in [1.29, 1.82) is 0 Å². The molecule has 4 nitrogen and oxygen atoms in total. The Kier molecular flexibility index (Phi) is 5.97. The number of primary amides is 1. The molecule has 0 bridgehead atoms. The Morgan fingerprint density at radius 3 is 2.25 bits per heavy atom. The molecule has 0 aromatic heterocycles. The van der Waals surface area contributed by atoms with Crippen molar-refractivity contribution in [3.63, 3.8) is 0 Å². The summed E-state index contributed by atoms with van der Waals surface area (Å²) in [6, 6.07) is 0.574. The van der Waals surface area contributed by atoms with Gasteiger partial charge in [-0.2, -0.15) is 0 Å². The van der Waals surface area contributed by atoms with Crippen LogP contribution in [0.25, 0.3) is 0 Å². The quantitative estimate of drug-likeness (QED) is 0.683. The normalized spacial score (nSPS) is 17.5. The third kappa shape index (κ3) is 4.49. The van der Waals surface area contributed by atoms with E-state index in [9.17, 15) is 4.79 Å². The molecule has 0 spiro atoms. The second kappa shape index (κ2) is 6.21. The molecule has 0 rings (SSSR count). The predicted octanol–water partition coefficient (Wildman–Crippen LogP) is 0.959. The average Bonchev–Trinajstić information content (AvgIpc) is 2.14. The van der Waals surface area contributed by atoms with Gasteiger partial charge >= 0.3 is 0 Å². The summed E-state index contributed by atoms with van der Waals surface area (Å²) in [5.41, 5.74) is 4.86. The van der Waals surface area contributed by atoms with Gasteiger partial charge in [0.25, 0.3) is 0 Å². The van der Waals surface area contributed by atoms with Crippen LogP contribution >= 0.6 is 0 Å². The minimum atomic E-state index is -0.628. The first kappa shape index (κ1) is 15.4. The summed E-state index contributed by atoms with van der Waals surface area (Å²) >= 11 is 0. The van der Waals surface area contributed by atoms with Crippen molar-refractivity contribution in [2.75, 3.05) is 13.6 Å². The van der Waals surface area contributed by atoms with Crippen LogP contribution in [0.4, 0.5) is 0 Å². The molecule has 1 amide bonds. The molecule has 0 aromatic carbocycles. The van der Waals surface area contributed by atoms with E-state index >= 15 is 0 Å². The van der Waals surface area contributed by atoms with Crippen LogP contribution < -0.4 is 11.1 Å². The lowest BCUT2D eigenvalue weighted by Gasteiger charge is -2.35. The highest BCUT2D eigenvalue weighted by molar-refractivity contribution is 5.84. The van der Waals surface area contributed by atoms with E-state index in [1.165, 1.54) is 0 Å². The Morgan fingerprint density at radius 2 is 1.94 bits per heavy atom. The number of nitrogens with zero attached hydrogens (tertiary/aromatic N) is 1. The van der Waals surface area contributed by atoms with Crippen molar-refractivity contribution in [3.8, 4) is 0 Å². The zero-order valence-corrected chi connectivity index (χ0v) is 11.5. The first-order valence-corrected chi connectivity index (χ1v) is 6.00. The molecule has 16 heavy (non-hydrogen) atoms. The number of nitrogens with one attached hydrogen (secondary N) is 1. The lowest BCUT2D eigenvalue weighted by atomic mass is 9.91. The SMILES string of the molecule is CCN(C)C(C)CC(C)(NC(C)C)C(N)=O. The second-order valence-corrected chi connectivity index (χ2v) is 5.12. The zero-order valence-electron chi connectivity index (χ0n) is 11.5. The summed E-state index contributed by atoms with van der Waals surface area (Å²) in [5.74, 6) is -0.280. The van der Waals surface area contributed by atoms with Gasteiger partial charge in [-0.1, -0.05) is 6.92 Å². The van der Waals surface area contributed by atoms with E-state index in [0.29, 0.717) is 6.04 Å². The predicted molar refractivity (Wildman–Crippen MR) is 68.3 cm³/mol. The van der Waals surface area contributed by atoms with Crippen LogP contribution in [0.1, 0.15) is 41.0 Å². The molecule has 0 aliphatic rings. The molecule has 0 heterocycles. The molecule has 4 heteroatoms. The van der Waals surface area contributed by atoms with E-state index in [0.717, 1.165) is 13.0 Å². The smallest absolute Gasteiger partial charge is 0.237 e. The molecule has 96 valence electrons. The van der Waals surface area contributed by atoms with Crippen molar-refractivity contribution in [2.45, 2.75) is 58.7 Å². The molecule has 0 fully saturated rings. The molecule has 0 radical (unpaired) electrons. The van der Waals surface area contributed by atoms with E-state index in [-0.39, 0.29) is 11.9 Å². The van der Waals surface area contributed by atoms with Crippen LogP contribution in [0.15, 0.2) is 0 Å². The minimum Gasteiger partial charge on any atom is -0.368 e.